The van der Waals surface area contributed by atoms with Crippen LogP contribution in [0.15, 0.2) is 34.0 Å². The number of likely N-dealkylation sites (tertiary alicyclic amines) is 1. The first-order valence-corrected chi connectivity index (χ1v) is 9.69. The largest absolute Gasteiger partial charge is 0.374 e. The van der Waals surface area contributed by atoms with E-state index in [9.17, 15) is 14.5 Å². The molecule has 1 aliphatic rings. The third-order valence-corrected chi connectivity index (χ3v) is 5.30. The number of benzene rings is 1. The Morgan fingerprint density at radius 1 is 1.54 bits per heavy atom. The standard InChI is InChI=1S/C17H21FN4O3S/c1-26-16(11-22(23)24)19-6-9-21-7-4-12(5-8-21)17-14-3-2-13(18)10-15(14)25-20-17/h2-3,10-12,19H,4-9H2,1H3/b16-11-. The lowest BCUT2D eigenvalue weighted by Gasteiger charge is -2.31. The van der Waals surface area contributed by atoms with E-state index in [-0.39, 0.29) is 5.82 Å². The van der Waals surface area contributed by atoms with Gasteiger partial charge in [-0.25, -0.2) is 4.39 Å². The summed E-state index contributed by atoms with van der Waals surface area (Å²) in [6.45, 7) is 3.34. The minimum atomic E-state index is -0.446. The van der Waals surface area contributed by atoms with Crippen molar-refractivity contribution in [3.8, 4) is 0 Å². The molecule has 9 heteroatoms. The van der Waals surface area contributed by atoms with Crippen LogP contribution in [-0.2, 0) is 0 Å². The van der Waals surface area contributed by atoms with Crippen molar-refractivity contribution in [2.24, 2.45) is 0 Å². The zero-order chi connectivity index (χ0) is 18.5. The molecule has 1 saturated heterocycles. The molecule has 3 rings (SSSR count). The van der Waals surface area contributed by atoms with Crippen LogP contribution in [0.3, 0.4) is 0 Å². The van der Waals surface area contributed by atoms with Crippen LogP contribution in [0.5, 0.6) is 0 Å². The lowest BCUT2D eigenvalue weighted by atomic mass is 9.91. The first-order chi connectivity index (χ1) is 12.6. The Labute approximate surface area is 154 Å². The number of aromatic nitrogens is 1. The van der Waals surface area contributed by atoms with Crippen LogP contribution in [0.2, 0.25) is 0 Å². The van der Waals surface area contributed by atoms with Crippen molar-refractivity contribution in [2.45, 2.75) is 18.8 Å². The van der Waals surface area contributed by atoms with E-state index in [2.05, 4.69) is 15.4 Å². The molecule has 0 bridgehead atoms. The summed E-state index contributed by atoms with van der Waals surface area (Å²) in [5.74, 6) is -0.0136. The lowest BCUT2D eigenvalue weighted by Crippen LogP contribution is -2.37. The van der Waals surface area contributed by atoms with Crippen molar-refractivity contribution in [1.29, 1.82) is 0 Å². The highest BCUT2D eigenvalue weighted by Crippen LogP contribution is 2.32. The summed E-state index contributed by atoms with van der Waals surface area (Å²) in [5, 5.41) is 19.2. The number of halogens is 1. The molecule has 26 heavy (non-hydrogen) atoms. The molecule has 1 aliphatic heterocycles. The number of thioether (sulfide) groups is 1. The smallest absolute Gasteiger partial charge is 0.263 e. The third-order valence-electron chi connectivity index (χ3n) is 4.61. The Balaban J connectivity index is 1.50. The summed E-state index contributed by atoms with van der Waals surface area (Å²) in [4.78, 5) is 12.4. The number of nitrogens with one attached hydrogen (secondary N) is 1. The van der Waals surface area contributed by atoms with Crippen LogP contribution >= 0.6 is 11.8 Å². The molecule has 0 atom stereocenters. The number of nitrogens with zero attached hydrogens (tertiary/aromatic N) is 3. The van der Waals surface area contributed by atoms with Crippen molar-refractivity contribution < 1.29 is 13.8 Å². The first-order valence-electron chi connectivity index (χ1n) is 8.47. The molecule has 0 saturated carbocycles. The fourth-order valence-corrected chi connectivity index (χ4v) is 3.70. The zero-order valence-electron chi connectivity index (χ0n) is 14.5. The summed E-state index contributed by atoms with van der Waals surface area (Å²) in [7, 11) is 0. The predicted octanol–water partition coefficient (Wildman–Crippen LogP) is 3.17. The maximum atomic E-state index is 13.3. The normalized spacial score (nSPS) is 16.9. The van der Waals surface area contributed by atoms with E-state index in [4.69, 9.17) is 4.52 Å². The van der Waals surface area contributed by atoms with Gasteiger partial charge in [0.1, 0.15) is 10.8 Å². The Kier molecular flexibility index (Phi) is 6.10. The number of rotatable bonds is 7. The van der Waals surface area contributed by atoms with Crippen molar-refractivity contribution in [3.05, 3.63) is 51.1 Å². The SMILES string of the molecule is CS/C(=C\[N+](=O)[O-])NCCN1CCC(c2noc3cc(F)ccc23)CC1. The van der Waals surface area contributed by atoms with Gasteiger partial charge in [0, 0.05) is 30.5 Å². The molecule has 2 heterocycles. The summed E-state index contributed by atoms with van der Waals surface area (Å²) in [6.07, 6.45) is 4.72. The van der Waals surface area contributed by atoms with Crippen molar-refractivity contribution >= 4 is 22.7 Å². The molecular formula is C17H21FN4O3S. The van der Waals surface area contributed by atoms with E-state index in [1.807, 2.05) is 6.26 Å². The molecule has 0 spiro atoms. The van der Waals surface area contributed by atoms with Crippen LogP contribution < -0.4 is 5.32 Å². The Morgan fingerprint density at radius 3 is 3.00 bits per heavy atom. The minimum Gasteiger partial charge on any atom is -0.374 e. The first kappa shape index (κ1) is 18.7. The minimum absolute atomic E-state index is 0.307. The summed E-state index contributed by atoms with van der Waals surface area (Å²) < 4.78 is 18.5. The molecule has 0 aliphatic carbocycles. The Morgan fingerprint density at radius 2 is 2.31 bits per heavy atom. The predicted molar refractivity (Wildman–Crippen MR) is 99.0 cm³/mol. The van der Waals surface area contributed by atoms with Crippen molar-refractivity contribution in [2.75, 3.05) is 32.4 Å². The number of nitro groups is 1. The van der Waals surface area contributed by atoms with E-state index >= 15 is 0 Å². The van der Waals surface area contributed by atoms with E-state index in [0.29, 0.717) is 23.1 Å². The van der Waals surface area contributed by atoms with Gasteiger partial charge in [-0.2, -0.15) is 0 Å². The van der Waals surface area contributed by atoms with Gasteiger partial charge >= 0.3 is 0 Å². The maximum absolute atomic E-state index is 13.3. The van der Waals surface area contributed by atoms with Gasteiger partial charge in [-0.15, -0.1) is 11.8 Å². The molecule has 1 aromatic carbocycles. The zero-order valence-corrected chi connectivity index (χ0v) is 15.3. The summed E-state index contributed by atoms with van der Waals surface area (Å²) in [6, 6.07) is 4.54. The molecule has 7 nitrogen and oxygen atoms in total. The van der Waals surface area contributed by atoms with Gasteiger partial charge in [0.05, 0.1) is 10.6 Å². The molecule has 1 N–H and O–H groups in total. The summed E-state index contributed by atoms with van der Waals surface area (Å²) >= 11 is 1.33. The third kappa shape index (κ3) is 4.53. The average Bonchev–Trinajstić information content (AvgIpc) is 3.04. The monoisotopic (exact) mass is 380 g/mol. The molecule has 140 valence electrons. The lowest BCUT2D eigenvalue weighted by molar-refractivity contribution is -0.403. The van der Waals surface area contributed by atoms with Gasteiger partial charge in [0.25, 0.3) is 6.20 Å². The van der Waals surface area contributed by atoms with E-state index in [0.717, 1.165) is 49.8 Å². The number of hydrogen-bond donors (Lipinski definition) is 1. The van der Waals surface area contributed by atoms with Gasteiger partial charge in [0.2, 0.25) is 0 Å². The van der Waals surface area contributed by atoms with Crippen molar-refractivity contribution in [3.63, 3.8) is 0 Å². The van der Waals surface area contributed by atoms with Gasteiger partial charge in [0.15, 0.2) is 5.58 Å². The molecule has 1 fully saturated rings. The molecular weight excluding hydrogens is 359 g/mol. The van der Waals surface area contributed by atoms with Crippen LogP contribution in [0, 0.1) is 15.9 Å². The Bertz CT molecular complexity index is 802. The number of fused-ring (bicyclic) bond motifs is 1. The quantitative estimate of drug-likeness (QED) is 0.583. The molecule has 0 radical (unpaired) electrons. The Hall–Kier alpha value is -2.13. The van der Waals surface area contributed by atoms with E-state index in [1.165, 1.54) is 23.9 Å². The highest BCUT2D eigenvalue weighted by Gasteiger charge is 2.25. The van der Waals surface area contributed by atoms with E-state index in [1.54, 1.807) is 6.07 Å². The highest BCUT2D eigenvalue weighted by molar-refractivity contribution is 8.02. The second kappa shape index (κ2) is 8.50. The van der Waals surface area contributed by atoms with Gasteiger partial charge < -0.3 is 14.7 Å². The van der Waals surface area contributed by atoms with Gasteiger partial charge in [-0.3, -0.25) is 10.1 Å². The van der Waals surface area contributed by atoms with Gasteiger partial charge in [-0.1, -0.05) is 5.16 Å². The number of hydrogen-bond acceptors (Lipinski definition) is 7. The molecule has 0 amide bonds. The average molecular weight is 380 g/mol. The fraction of sp³-hybridized carbons (Fsp3) is 0.471. The van der Waals surface area contributed by atoms with Crippen LogP contribution in [0.25, 0.3) is 11.0 Å². The second-order valence-electron chi connectivity index (χ2n) is 6.23. The van der Waals surface area contributed by atoms with E-state index < -0.39 is 4.92 Å². The van der Waals surface area contributed by atoms with Crippen LogP contribution in [0.1, 0.15) is 24.5 Å². The van der Waals surface area contributed by atoms with Crippen LogP contribution in [0.4, 0.5) is 4.39 Å². The molecule has 2 aromatic rings. The topological polar surface area (TPSA) is 84.4 Å². The van der Waals surface area contributed by atoms with Crippen molar-refractivity contribution in [1.82, 2.24) is 15.4 Å². The van der Waals surface area contributed by atoms with Gasteiger partial charge in [-0.05, 0) is 44.3 Å². The maximum Gasteiger partial charge on any atom is 0.263 e. The van der Waals surface area contributed by atoms with Crippen LogP contribution in [-0.4, -0.2) is 47.4 Å². The summed E-state index contributed by atoms with van der Waals surface area (Å²) in [5.41, 5.74) is 1.41. The highest BCUT2D eigenvalue weighted by atomic mass is 32.2. The molecule has 1 aromatic heterocycles. The number of piperidine rings is 1. The fourth-order valence-electron chi connectivity index (χ4n) is 3.26. The second-order valence-corrected chi connectivity index (χ2v) is 7.08. The molecule has 0 unspecified atom stereocenters.